The summed E-state index contributed by atoms with van der Waals surface area (Å²) in [6.45, 7) is 5.38. The second kappa shape index (κ2) is 5.77. The SMILES string of the molecule is C=CCC(N)C(=O)Nc1ccc(Br)c(C)n1. The van der Waals surface area contributed by atoms with Crippen LogP contribution in [0.25, 0.3) is 0 Å². The molecule has 1 aromatic rings. The van der Waals surface area contributed by atoms with Gasteiger partial charge < -0.3 is 11.1 Å². The molecule has 86 valence electrons. The maximum absolute atomic E-state index is 11.6. The number of aryl methyl sites for hydroxylation is 1. The third-order valence-corrected chi connectivity index (χ3v) is 2.87. The lowest BCUT2D eigenvalue weighted by atomic mass is 10.2. The molecule has 16 heavy (non-hydrogen) atoms. The molecule has 0 saturated heterocycles. The van der Waals surface area contributed by atoms with Gasteiger partial charge in [0, 0.05) is 4.47 Å². The lowest BCUT2D eigenvalue weighted by Gasteiger charge is -2.10. The van der Waals surface area contributed by atoms with Crippen LogP contribution in [0.15, 0.2) is 29.3 Å². The zero-order chi connectivity index (χ0) is 12.1. The highest BCUT2D eigenvalue weighted by Crippen LogP contribution is 2.16. The quantitative estimate of drug-likeness (QED) is 0.831. The molecule has 1 rings (SSSR count). The highest BCUT2D eigenvalue weighted by molar-refractivity contribution is 9.10. The van der Waals surface area contributed by atoms with E-state index in [-0.39, 0.29) is 5.91 Å². The molecule has 0 aliphatic rings. The van der Waals surface area contributed by atoms with Gasteiger partial charge in [0.25, 0.3) is 0 Å². The number of nitrogens with two attached hydrogens (primary N) is 1. The Morgan fingerprint density at radius 3 is 3.00 bits per heavy atom. The van der Waals surface area contributed by atoms with Gasteiger partial charge in [-0.3, -0.25) is 4.79 Å². The van der Waals surface area contributed by atoms with Crippen LogP contribution in [-0.4, -0.2) is 16.9 Å². The largest absolute Gasteiger partial charge is 0.320 e. The number of hydrogen-bond acceptors (Lipinski definition) is 3. The average molecular weight is 284 g/mol. The molecule has 0 bridgehead atoms. The number of carbonyl (C=O) groups is 1. The van der Waals surface area contributed by atoms with Crippen LogP contribution in [0, 0.1) is 6.92 Å². The van der Waals surface area contributed by atoms with Gasteiger partial charge in [0.1, 0.15) is 5.82 Å². The molecule has 4 nitrogen and oxygen atoms in total. The molecular formula is C11H14BrN3O. The van der Waals surface area contributed by atoms with Crippen molar-refractivity contribution in [1.82, 2.24) is 4.98 Å². The van der Waals surface area contributed by atoms with E-state index in [2.05, 4.69) is 32.8 Å². The third kappa shape index (κ3) is 3.43. The molecule has 5 heteroatoms. The van der Waals surface area contributed by atoms with Crippen molar-refractivity contribution in [3.63, 3.8) is 0 Å². The summed E-state index contributed by atoms with van der Waals surface area (Å²) >= 11 is 3.34. The first-order chi connectivity index (χ1) is 7.54. The molecular weight excluding hydrogens is 270 g/mol. The van der Waals surface area contributed by atoms with Gasteiger partial charge in [-0.25, -0.2) is 4.98 Å². The van der Waals surface area contributed by atoms with Crippen LogP contribution in [0.5, 0.6) is 0 Å². The van der Waals surface area contributed by atoms with E-state index in [0.29, 0.717) is 12.2 Å². The normalized spacial score (nSPS) is 11.9. The number of amides is 1. The van der Waals surface area contributed by atoms with Gasteiger partial charge in [0.15, 0.2) is 0 Å². The van der Waals surface area contributed by atoms with E-state index in [1.807, 2.05) is 13.0 Å². The van der Waals surface area contributed by atoms with Gasteiger partial charge in [-0.15, -0.1) is 6.58 Å². The van der Waals surface area contributed by atoms with Crippen LogP contribution < -0.4 is 11.1 Å². The second-order valence-corrected chi connectivity index (χ2v) is 4.24. The molecule has 0 fully saturated rings. The third-order valence-electron chi connectivity index (χ3n) is 2.03. The molecule has 3 N–H and O–H groups in total. The van der Waals surface area contributed by atoms with E-state index in [1.165, 1.54) is 0 Å². The maximum Gasteiger partial charge on any atom is 0.242 e. The summed E-state index contributed by atoms with van der Waals surface area (Å²) < 4.78 is 0.904. The average Bonchev–Trinajstić information content (AvgIpc) is 2.24. The lowest BCUT2D eigenvalue weighted by Crippen LogP contribution is -2.35. The first kappa shape index (κ1) is 12.9. The van der Waals surface area contributed by atoms with Crippen LogP contribution >= 0.6 is 15.9 Å². The molecule has 0 aliphatic carbocycles. The molecule has 0 aromatic carbocycles. The number of pyridine rings is 1. The summed E-state index contributed by atoms with van der Waals surface area (Å²) in [7, 11) is 0. The van der Waals surface area contributed by atoms with Crippen molar-refractivity contribution in [1.29, 1.82) is 0 Å². The topological polar surface area (TPSA) is 68.0 Å². The van der Waals surface area contributed by atoms with Crippen molar-refractivity contribution in [2.75, 3.05) is 5.32 Å². The van der Waals surface area contributed by atoms with Gasteiger partial charge in [0.2, 0.25) is 5.91 Å². The summed E-state index contributed by atoms with van der Waals surface area (Å²) in [4.78, 5) is 15.8. The Morgan fingerprint density at radius 2 is 2.44 bits per heavy atom. The summed E-state index contributed by atoms with van der Waals surface area (Å²) in [5, 5.41) is 2.65. The van der Waals surface area contributed by atoms with E-state index >= 15 is 0 Å². The van der Waals surface area contributed by atoms with Gasteiger partial charge in [-0.05, 0) is 41.4 Å². The lowest BCUT2D eigenvalue weighted by molar-refractivity contribution is -0.117. The van der Waals surface area contributed by atoms with Gasteiger partial charge in [-0.1, -0.05) is 6.08 Å². The van der Waals surface area contributed by atoms with Crippen molar-refractivity contribution < 1.29 is 4.79 Å². The van der Waals surface area contributed by atoms with Crippen LogP contribution in [0.2, 0.25) is 0 Å². The molecule has 1 aromatic heterocycles. The Morgan fingerprint density at radius 1 is 1.75 bits per heavy atom. The van der Waals surface area contributed by atoms with Gasteiger partial charge in [-0.2, -0.15) is 0 Å². The minimum Gasteiger partial charge on any atom is -0.320 e. The summed E-state index contributed by atoms with van der Waals surface area (Å²) in [5.74, 6) is 0.249. The second-order valence-electron chi connectivity index (χ2n) is 3.38. The Kier molecular flexibility index (Phi) is 4.64. The smallest absolute Gasteiger partial charge is 0.242 e. The molecule has 1 unspecified atom stereocenters. The summed E-state index contributed by atoms with van der Waals surface area (Å²) in [6.07, 6.45) is 2.06. The number of aromatic nitrogens is 1. The first-order valence-corrected chi connectivity index (χ1v) is 5.64. The summed E-state index contributed by atoms with van der Waals surface area (Å²) in [5.41, 5.74) is 6.44. The molecule has 1 atom stereocenters. The molecule has 1 heterocycles. The number of rotatable bonds is 4. The van der Waals surface area contributed by atoms with Crippen molar-refractivity contribution in [3.05, 3.63) is 35.0 Å². The minimum absolute atomic E-state index is 0.255. The van der Waals surface area contributed by atoms with Crippen molar-refractivity contribution in [2.45, 2.75) is 19.4 Å². The van der Waals surface area contributed by atoms with Gasteiger partial charge >= 0.3 is 0 Å². The molecule has 1 amide bonds. The van der Waals surface area contributed by atoms with E-state index in [9.17, 15) is 4.79 Å². The van der Waals surface area contributed by atoms with E-state index in [4.69, 9.17) is 5.73 Å². The fourth-order valence-electron chi connectivity index (χ4n) is 1.12. The Labute approximate surface area is 103 Å². The number of hydrogen-bond donors (Lipinski definition) is 2. The number of halogens is 1. The fraction of sp³-hybridized carbons (Fsp3) is 0.273. The van der Waals surface area contributed by atoms with Crippen LogP contribution in [0.1, 0.15) is 12.1 Å². The van der Waals surface area contributed by atoms with E-state index < -0.39 is 6.04 Å². The predicted molar refractivity (Wildman–Crippen MR) is 68.1 cm³/mol. The maximum atomic E-state index is 11.6. The van der Waals surface area contributed by atoms with Crippen molar-refractivity contribution in [3.8, 4) is 0 Å². The Hall–Kier alpha value is -1.20. The number of nitrogens with zero attached hydrogens (tertiary/aromatic N) is 1. The van der Waals surface area contributed by atoms with Crippen molar-refractivity contribution >= 4 is 27.7 Å². The highest BCUT2D eigenvalue weighted by Gasteiger charge is 2.12. The predicted octanol–water partition coefficient (Wildman–Crippen LogP) is 1.99. The Bertz CT molecular complexity index is 406. The zero-order valence-electron chi connectivity index (χ0n) is 9.03. The minimum atomic E-state index is -0.580. The molecule has 0 spiro atoms. The first-order valence-electron chi connectivity index (χ1n) is 4.85. The number of nitrogens with one attached hydrogen (secondary N) is 1. The number of anilines is 1. The van der Waals surface area contributed by atoms with Crippen molar-refractivity contribution in [2.24, 2.45) is 5.73 Å². The molecule has 0 aliphatic heterocycles. The molecule has 0 saturated carbocycles. The molecule has 0 radical (unpaired) electrons. The standard InChI is InChI=1S/C11H14BrN3O/c1-3-4-9(13)11(16)15-10-6-5-8(12)7(2)14-10/h3,5-6,9H,1,4,13H2,2H3,(H,14,15,16). The van der Waals surface area contributed by atoms with Gasteiger partial charge in [0.05, 0.1) is 11.7 Å². The van der Waals surface area contributed by atoms with E-state index in [1.54, 1.807) is 12.1 Å². The van der Waals surface area contributed by atoms with Crippen LogP contribution in [0.4, 0.5) is 5.82 Å². The summed E-state index contributed by atoms with van der Waals surface area (Å²) in [6, 6.07) is 2.97. The zero-order valence-corrected chi connectivity index (χ0v) is 10.6. The number of carbonyl (C=O) groups excluding carboxylic acids is 1. The van der Waals surface area contributed by atoms with E-state index in [0.717, 1.165) is 10.2 Å². The highest BCUT2D eigenvalue weighted by atomic mass is 79.9. The monoisotopic (exact) mass is 283 g/mol. The fourth-order valence-corrected chi connectivity index (χ4v) is 1.34. The van der Waals surface area contributed by atoms with Crippen LogP contribution in [0.3, 0.4) is 0 Å². The van der Waals surface area contributed by atoms with Crippen LogP contribution in [-0.2, 0) is 4.79 Å². The Balaban J connectivity index is 2.69.